The van der Waals surface area contributed by atoms with Crippen LogP contribution in [0.5, 0.6) is 5.75 Å². The van der Waals surface area contributed by atoms with E-state index >= 15 is 0 Å². The van der Waals surface area contributed by atoms with Gasteiger partial charge in [0, 0.05) is 29.2 Å². The molecule has 0 amide bonds. The van der Waals surface area contributed by atoms with Crippen molar-refractivity contribution in [2.45, 2.75) is 6.92 Å². The quantitative estimate of drug-likeness (QED) is 0.205. The van der Waals surface area contributed by atoms with Crippen LogP contribution in [-0.4, -0.2) is 24.6 Å². The van der Waals surface area contributed by atoms with E-state index in [0.29, 0.717) is 11.4 Å². The summed E-state index contributed by atoms with van der Waals surface area (Å²) in [5.74, 6) is 0.824. The van der Waals surface area contributed by atoms with Gasteiger partial charge < -0.3 is 5.11 Å². The first-order valence-corrected chi connectivity index (χ1v) is 15.6. The van der Waals surface area contributed by atoms with Gasteiger partial charge in [0.15, 0.2) is 0 Å². The topological polar surface area (TPSA) is 63.8 Å². The average molecular weight is 607 g/mol. The molecule has 5 heteroatoms. The number of phenols is 1. The summed E-state index contributed by atoms with van der Waals surface area (Å²) in [5, 5.41) is 10.8. The summed E-state index contributed by atoms with van der Waals surface area (Å²) < 4.78 is 2.08. The molecule has 0 radical (unpaired) electrons. The van der Waals surface area contributed by atoms with Crippen LogP contribution in [0.2, 0.25) is 0 Å². The van der Waals surface area contributed by atoms with Crippen molar-refractivity contribution >= 4 is 11.0 Å². The predicted octanol–water partition coefficient (Wildman–Crippen LogP) is 10.2. The highest BCUT2D eigenvalue weighted by Crippen LogP contribution is 2.37. The molecule has 0 aliphatic rings. The van der Waals surface area contributed by atoms with E-state index in [1.54, 1.807) is 6.07 Å². The number of para-hydroxylation sites is 2. The van der Waals surface area contributed by atoms with E-state index in [-0.39, 0.29) is 5.75 Å². The van der Waals surface area contributed by atoms with Gasteiger partial charge in [-0.15, -0.1) is 0 Å². The summed E-state index contributed by atoms with van der Waals surface area (Å²) in [6.07, 6.45) is 3.77. The van der Waals surface area contributed by atoms with Gasteiger partial charge in [0.05, 0.1) is 22.5 Å². The van der Waals surface area contributed by atoms with Crippen LogP contribution >= 0.6 is 0 Å². The largest absolute Gasteiger partial charge is 0.507 e. The monoisotopic (exact) mass is 606 g/mol. The minimum atomic E-state index is 0.174. The number of phenolic OH excluding ortho intramolecular Hbond substituents is 1. The lowest BCUT2D eigenvalue weighted by Crippen LogP contribution is -1.97. The normalized spacial score (nSPS) is 11.2. The van der Waals surface area contributed by atoms with Crippen LogP contribution < -0.4 is 0 Å². The standard InChI is InChI=1S/C42H30N4O/c1-28-27-44-37(26-36(28)31-21-19-30(20-22-31)29-11-4-2-5-12-29)32-13-10-14-33(25-32)40-41-38(23-24-43-40)46(34-15-6-3-7-16-34)42(45-41)35-17-8-9-18-39(35)47/h2-27,47H,1H3. The van der Waals surface area contributed by atoms with E-state index in [1.165, 1.54) is 11.1 Å². The van der Waals surface area contributed by atoms with Crippen molar-refractivity contribution in [3.05, 3.63) is 164 Å². The molecule has 0 fully saturated rings. The predicted molar refractivity (Wildman–Crippen MR) is 190 cm³/mol. The Bertz CT molecular complexity index is 2360. The van der Waals surface area contributed by atoms with E-state index in [4.69, 9.17) is 15.0 Å². The average Bonchev–Trinajstić information content (AvgIpc) is 3.52. The molecule has 0 unspecified atom stereocenters. The molecule has 0 aliphatic heterocycles. The second-order valence-electron chi connectivity index (χ2n) is 11.6. The summed E-state index contributed by atoms with van der Waals surface area (Å²) in [5.41, 5.74) is 12.6. The van der Waals surface area contributed by atoms with E-state index in [0.717, 1.165) is 55.9 Å². The number of rotatable bonds is 6. The van der Waals surface area contributed by atoms with Crippen LogP contribution in [0.25, 0.3) is 72.9 Å². The van der Waals surface area contributed by atoms with E-state index in [1.807, 2.05) is 79.1 Å². The Balaban J connectivity index is 1.22. The molecule has 0 saturated carbocycles. The highest BCUT2D eigenvalue weighted by Gasteiger charge is 2.20. The molecule has 0 aliphatic carbocycles. The number of hydrogen-bond acceptors (Lipinski definition) is 4. The second kappa shape index (κ2) is 11.9. The van der Waals surface area contributed by atoms with Crippen LogP contribution in [0.4, 0.5) is 0 Å². The number of pyridine rings is 2. The Kier molecular flexibility index (Phi) is 7.12. The first-order chi connectivity index (χ1) is 23.1. The van der Waals surface area contributed by atoms with Crippen molar-refractivity contribution in [2.24, 2.45) is 0 Å². The number of nitrogens with zero attached hydrogens (tertiary/aromatic N) is 4. The molecule has 1 N–H and O–H groups in total. The Labute approximate surface area is 273 Å². The van der Waals surface area contributed by atoms with Crippen molar-refractivity contribution < 1.29 is 5.11 Å². The van der Waals surface area contributed by atoms with Gasteiger partial charge in [-0.05, 0) is 77.2 Å². The third kappa shape index (κ3) is 5.24. The van der Waals surface area contributed by atoms with Crippen LogP contribution in [-0.2, 0) is 0 Å². The molecule has 8 aromatic rings. The van der Waals surface area contributed by atoms with Gasteiger partial charge in [-0.3, -0.25) is 14.5 Å². The lowest BCUT2D eigenvalue weighted by Gasteiger charge is -2.11. The number of hydrogen-bond donors (Lipinski definition) is 1. The minimum absolute atomic E-state index is 0.174. The van der Waals surface area contributed by atoms with Crippen LogP contribution in [0, 0.1) is 6.92 Å². The summed E-state index contributed by atoms with van der Waals surface area (Å²) in [6.45, 7) is 2.10. The SMILES string of the molecule is Cc1cnc(-c2cccc(-c3nccc4c3nc(-c3ccccc3O)n4-c3ccccc3)c2)cc1-c1ccc(-c2ccccc2)cc1. The lowest BCUT2D eigenvalue weighted by molar-refractivity contribution is 0.477. The number of imidazole rings is 1. The van der Waals surface area contributed by atoms with Gasteiger partial charge >= 0.3 is 0 Å². The zero-order valence-electron chi connectivity index (χ0n) is 25.7. The third-order valence-corrected chi connectivity index (χ3v) is 8.57. The number of aryl methyl sites for hydroxylation is 1. The fourth-order valence-corrected chi connectivity index (χ4v) is 6.19. The van der Waals surface area contributed by atoms with Crippen LogP contribution in [0.3, 0.4) is 0 Å². The summed E-state index contributed by atoms with van der Waals surface area (Å²) in [4.78, 5) is 14.8. The Morgan fingerprint density at radius 2 is 1.21 bits per heavy atom. The highest BCUT2D eigenvalue weighted by molar-refractivity contribution is 5.94. The Morgan fingerprint density at radius 3 is 2.00 bits per heavy atom. The molecule has 0 bridgehead atoms. The highest BCUT2D eigenvalue weighted by atomic mass is 16.3. The molecule has 224 valence electrons. The van der Waals surface area contributed by atoms with Gasteiger partial charge in [0.1, 0.15) is 17.1 Å². The Hall–Kier alpha value is -6.33. The second-order valence-corrected chi connectivity index (χ2v) is 11.6. The van der Waals surface area contributed by atoms with Crippen molar-refractivity contribution in [3.63, 3.8) is 0 Å². The zero-order chi connectivity index (χ0) is 31.7. The van der Waals surface area contributed by atoms with Gasteiger partial charge in [-0.1, -0.05) is 103 Å². The summed E-state index contributed by atoms with van der Waals surface area (Å²) in [6, 6.07) is 49.0. The minimum Gasteiger partial charge on any atom is -0.507 e. The van der Waals surface area contributed by atoms with E-state index in [9.17, 15) is 5.11 Å². The first kappa shape index (κ1) is 28.2. The number of aromatic nitrogens is 4. The molecule has 5 nitrogen and oxygen atoms in total. The number of aromatic hydroxyl groups is 1. The fraction of sp³-hybridized carbons (Fsp3) is 0.0238. The third-order valence-electron chi connectivity index (χ3n) is 8.57. The molecule has 3 heterocycles. The van der Waals surface area contributed by atoms with Gasteiger partial charge in [0.25, 0.3) is 0 Å². The van der Waals surface area contributed by atoms with Crippen LogP contribution in [0.1, 0.15) is 5.56 Å². The molecular formula is C42H30N4O. The molecule has 0 saturated heterocycles. The van der Waals surface area contributed by atoms with E-state index in [2.05, 4.69) is 84.3 Å². The molecule has 8 rings (SSSR count). The molecule has 0 atom stereocenters. The maximum Gasteiger partial charge on any atom is 0.149 e. The maximum absolute atomic E-state index is 10.8. The molecule has 47 heavy (non-hydrogen) atoms. The number of fused-ring (bicyclic) bond motifs is 1. The number of benzene rings is 5. The Morgan fingerprint density at radius 1 is 0.553 bits per heavy atom. The van der Waals surface area contributed by atoms with E-state index < -0.39 is 0 Å². The van der Waals surface area contributed by atoms with Crippen molar-refractivity contribution in [1.29, 1.82) is 0 Å². The maximum atomic E-state index is 10.8. The molecule has 0 spiro atoms. The van der Waals surface area contributed by atoms with Gasteiger partial charge in [-0.25, -0.2) is 4.98 Å². The van der Waals surface area contributed by atoms with Crippen molar-refractivity contribution in [2.75, 3.05) is 0 Å². The lowest BCUT2D eigenvalue weighted by atomic mass is 9.96. The smallest absolute Gasteiger partial charge is 0.149 e. The zero-order valence-corrected chi connectivity index (χ0v) is 25.7. The summed E-state index contributed by atoms with van der Waals surface area (Å²) in [7, 11) is 0. The van der Waals surface area contributed by atoms with Crippen LogP contribution in [0.15, 0.2) is 158 Å². The molecule has 3 aromatic heterocycles. The fourth-order valence-electron chi connectivity index (χ4n) is 6.19. The first-order valence-electron chi connectivity index (χ1n) is 15.6. The van der Waals surface area contributed by atoms with Crippen molar-refractivity contribution in [1.82, 2.24) is 19.5 Å². The molecular weight excluding hydrogens is 576 g/mol. The van der Waals surface area contributed by atoms with Crippen molar-refractivity contribution in [3.8, 4) is 67.6 Å². The van der Waals surface area contributed by atoms with Gasteiger partial charge in [0.2, 0.25) is 0 Å². The summed E-state index contributed by atoms with van der Waals surface area (Å²) >= 11 is 0. The van der Waals surface area contributed by atoms with Gasteiger partial charge in [-0.2, -0.15) is 0 Å². The molecule has 5 aromatic carbocycles.